The third kappa shape index (κ3) is 2.94. The lowest BCUT2D eigenvalue weighted by Crippen LogP contribution is -2.62. The van der Waals surface area contributed by atoms with Crippen LogP contribution in [-0.4, -0.2) is 34.1 Å². The first-order chi connectivity index (χ1) is 13.3. The number of aliphatic hydroxyl groups is 3. The van der Waals surface area contributed by atoms with Gasteiger partial charge in [0.05, 0.1) is 12.2 Å². The van der Waals surface area contributed by atoms with Gasteiger partial charge in [-0.05, 0) is 104 Å². The zero-order valence-electron chi connectivity index (χ0n) is 18.6. The normalized spacial score (nSPS) is 54.5. The van der Waals surface area contributed by atoms with E-state index in [0.717, 1.165) is 32.1 Å². The van der Waals surface area contributed by atoms with E-state index in [-0.39, 0.29) is 12.2 Å². The lowest BCUT2D eigenvalue weighted by Gasteiger charge is -2.64. The molecule has 0 aromatic heterocycles. The predicted octanol–water partition coefficient (Wildman–Crippen LogP) is 4.63. The molecule has 0 spiro atoms. The monoisotopic (exact) mass is 392 g/mol. The summed E-state index contributed by atoms with van der Waals surface area (Å²) in [6.07, 6.45) is 9.62. The van der Waals surface area contributed by atoms with E-state index in [4.69, 9.17) is 0 Å². The Hall–Kier alpha value is -0.120. The Bertz CT molecular complexity index is 564. The molecule has 0 saturated heterocycles. The molecule has 11 atom stereocenters. The maximum Gasteiger partial charge on any atom is 0.0605 e. The van der Waals surface area contributed by atoms with Crippen LogP contribution in [0.2, 0.25) is 0 Å². The van der Waals surface area contributed by atoms with Gasteiger partial charge in [0.2, 0.25) is 0 Å². The molecule has 4 rings (SSSR count). The van der Waals surface area contributed by atoms with Gasteiger partial charge in [-0.2, -0.15) is 0 Å². The van der Waals surface area contributed by atoms with Crippen molar-refractivity contribution in [2.45, 2.75) is 97.7 Å². The van der Waals surface area contributed by atoms with Crippen molar-refractivity contribution in [3.05, 3.63) is 0 Å². The fourth-order valence-electron chi connectivity index (χ4n) is 9.34. The lowest BCUT2D eigenvalue weighted by molar-refractivity contribution is -0.203. The van der Waals surface area contributed by atoms with Crippen LogP contribution in [-0.2, 0) is 0 Å². The zero-order chi connectivity index (χ0) is 20.3. The van der Waals surface area contributed by atoms with Crippen molar-refractivity contribution in [3.63, 3.8) is 0 Å². The quantitative estimate of drug-likeness (QED) is 0.653. The summed E-state index contributed by atoms with van der Waals surface area (Å²) in [5, 5.41) is 31.6. The van der Waals surface area contributed by atoms with Gasteiger partial charge in [-0.15, -0.1) is 0 Å². The molecule has 0 aromatic carbocycles. The van der Waals surface area contributed by atoms with E-state index in [1.54, 1.807) is 0 Å². The van der Waals surface area contributed by atoms with E-state index >= 15 is 0 Å². The summed E-state index contributed by atoms with van der Waals surface area (Å²) in [7, 11) is 0. The van der Waals surface area contributed by atoms with Gasteiger partial charge in [0.1, 0.15) is 0 Å². The summed E-state index contributed by atoms with van der Waals surface area (Å²) in [4.78, 5) is 0. The van der Waals surface area contributed by atoms with Crippen LogP contribution in [0.5, 0.6) is 0 Å². The SMILES string of the molecule is CC[C@@H]1[C@H](O)C2C3CC[C@H]([C@H](C)CCO)[C@@]3(C)CCC2[C@@]2(C)CC[C@@H](O)C[C@@H]12. The van der Waals surface area contributed by atoms with Gasteiger partial charge >= 0.3 is 0 Å². The molecule has 4 aliphatic carbocycles. The van der Waals surface area contributed by atoms with Gasteiger partial charge in [-0.25, -0.2) is 0 Å². The fraction of sp³-hybridized carbons (Fsp3) is 1.00. The van der Waals surface area contributed by atoms with Crippen LogP contribution >= 0.6 is 0 Å². The second kappa shape index (κ2) is 7.54. The first-order valence-electron chi connectivity index (χ1n) is 12.2. The zero-order valence-corrected chi connectivity index (χ0v) is 18.6. The minimum atomic E-state index is -0.199. The van der Waals surface area contributed by atoms with Crippen molar-refractivity contribution in [3.8, 4) is 0 Å². The molecule has 3 nitrogen and oxygen atoms in total. The maximum absolute atomic E-state index is 11.7. The van der Waals surface area contributed by atoms with Gasteiger partial charge in [-0.1, -0.05) is 34.1 Å². The molecule has 0 aromatic rings. The van der Waals surface area contributed by atoms with Crippen molar-refractivity contribution >= 4 is 0 Å². The highest BCUT2D eigenvalue weighted by atomic mass is 16.3. The van der Waals surface area contributed by atoms with Crippen molar-refractivity contribution in [1.29, 1.82) is 0 Å². The first-order valence-corrected chi connectivity index (χ1v) is 12.2. The molecule has 3 unspecified atom stereocenters. The Kier molecular flexibility index (Phi) is 5.69. The third-order valence-electron chi connectivity index (χ3n) is 10.7. The number of hydrogen-bond acceptors (Lipinski definition) is 3. The predicted molar refractivity (Wildman–Crippen MR) is 113 cm³/mol. The van der Waals surface area contributed by atoms with E-state index in [0.29, 0.717) is 58.9 Å². The standard InChI is InChI=1S/C25H44O3/c1-5-17-21-14-16(27)8-11-25(21,4)20-9-12-24(3)18(15(2)10-13-26)6-7-19(24)22(20)23(17)28/h15-23,26-28H,5-14H2,1-4H3/t15-,16-,17+,18-,19?,20?,21+,22?,23+,24-,25-/m1/s1. The van der Waals surface area contributed by atoms with Gasteiger partial charge in [0.15, 0.2) is 0 Å². The van der Waals surface area contributed by atoms with Crippen LogP contribution in [0.3, 0.4) is 0 Å². The second-order valence-electron chi connectivity index (χ2n) is 11.6. The summed E-state index contributed by atoms with van der Waals surface area (Å²) in [6.45, 7) is 9.92. The molecule has 28 heavy (non-hydrogen) atoms. The van der Waals surface area contributed by atoms with Crippen LogP contribution in [0.1, 0.15) is 85.5 Å². The lowest BCUT2D eigenvalue weighted by atomic mass is 9.41. The third-order valence-corrected chi connectivity index (χ3v) is 10.7. The summed E-state index contributed by atoms with van der Waals surface area (Å²) in [5.41, 5.74) is 0.617. The minimum Gasteiger partial charge on any atom is -0.396 e. The summed E-state index contributed by atoms with van der Waals surface area (Å²) < 4.78 is 0. The summed E-state index contributed by atoms with van der Waals surface area (Å²) in [5.74, 6) is 3.78. The Morgan fingerprint density at radius 3 is 2.29 bits per heavy atom. The molecule has 4 saturated carbocycles. The molecular formula is C25H44O3. The van der Waals surface area contributed by atoms with Crippen LogP contribution < -0.4 is 0 Å². The molecule has 4 fully saturated rings. The molecule has 0 bridgehead atoms. The molecule has 0 heterocycles. The van der Waals surface area contributed by atoms with Crippen LogP contribution in [0.15, 0.2) is 0 Å². The van der Waals surface area contributed by atoms with E-state index in [1.807, 2.05) is 0 Å². The summed E-state index contributed by atoms with van der Waals surface area (Å²) in [6, 6.07) is 0. The summed E-state index contributed by atoms with van der Waals surface area (Å²) >= 11 is 0. The molecule has 3 heteroatoms. The van der Waals surface area contributed by atoms with Crippen molar-refractivity contribution in [2.24, 2.45) is 52.3 Å². The van der Waals surface area contributed by atoms with E-state index < -0.39 is 0 Å². The average molecular weight is 393 g/mol. The van der Waals surface area contributed by atoms with Gasteiger partial charge in [0, 0.05) is 6.61 Å². The Labute approximate surface area is 172 Å². The molecular weight excluding hydrogens is 348 g/mol. The topological polar surface area (TPSA) is 60.7 Å². The average Bonchev–Trinajstić information content (AvgIpc) is 3.01. The first kappa shape index (κ1) is 21.1. The number of rotatable bonds is 4. The molecule has 162 valence electrons. The Morgan fingerprint density at radius 2 is 1.61 bits per heavy atom. The number of fused-ring (bicyclic) bond motifs is 5. The molecule has 0 aliphatic heterocycles. The maximum atomic E-state index is 11.7. The largest absolute Gasteiger partial charge is 0.396 e. The fourth-order valence-corrected chi connectivity index (χ4v) is 9.34. The Balaban J connectivity index is 1.67. The minimum absolute atomic E-state index is 0.167. The van der Waals surface area contributed by atoms with E-state index in [2.05, 4.69) is 27.7 Å². The number of aliphatic hydroxyl groups excluding tert-OH is 3. The van der Waals surface area contributed by atoms with E-state index in [1.165, 1.54) is 25.7 Å². The van der Waals surface area contributed by atoms with Gasteiger partial charge in [-0.3, -0.25) is 0 Å². The highest BCUT2D eigenvalue weighted by Gasteiger charge is 2.64. The van der Waals surface area contributed by atoms with Crippen LogP contribution in [0, 0.1) is 52.3 Å². The van der Waals surface area contributed by atoms with Gasteiger partial charge < -0.3 is 15.3 Å². The van der Waals surface area contributed by atoms with Crippen molar-refractivity contribution < 1.29 is 15.3 Å². The van der Waals surface area contributed by atoms with Crippen molar-refractivity contribution in [2.75, 3.05) is 6.61 Å². The Morgan fingerprint density at radius 1 is 0.929 bits per heavy atom. The highest BCUT2D eigenvalue weighted by Crippen LogP contribution is 2.69. The van der Waals surface area contributed by atoms with E-state index in [9.17, 15) is 15.3 Å². The molecule has 4 aliphatic rings. The molecule has 0 amide bonds. The molecule has 0 radical (unpaired) electrons. The van der Waals surface area contributed by atoms with Gasteiger partial charge in [0.25, 0.3) is 0 Å². The smallest absolute Gasteiger partial charge is 0.0605 e. The molecule has 3 N–H and O–H groups in total. The number of hydrogen-bond donors (Lipinski definition) is 3. The van der Waals surface area contributed by atoms with Crippen LogP contribution in [0.4, 0.5) is 0 Å². The van der Waals surface area contributed by atoms with Crippen molar-refractivity contribution in [1.82, 2.24) is 0 Å². The van der Waals surface area contributed by atoms with Crippen LogP contribution in [0.25, 0.3) is 0 Å². The second-order valence-corrected chi connectivity index (χ2v) is 11.6. The highest BCUT2D eigenvalue weighted by molar-refractivity contribution is 5.13.